The lowest BCUT2D eigenvalue weighted by Crippen LogP contribution is -2.15. The maximum atomic E-state index is 14.4. The lowest BCUT2D eigenvalue weighted by atomic mass is 10.1. The highest BCUT2D eigenvalue weighted by atomic mass is 19.1. The van der Waals surface area contributed by atoms with Crippen LogP contribution in [-0.2, 0) is 6.54 Å². The third kappa shape index (κ3) is 4.02. The minimum atomic E-state index is -0.402. The average Bonchev–Trinajstić information content (AvgIpc) is 2.46. The molecule has 0 bridgehead atoms. The first kappa shape index (κ1) is 15.4. The molecule has 0 saturated carbocycles. The zero-order chi connectivity index (χ0) is 15.2. The number of nitrogens with one attached hydrogen (secondary N) is 1. The topological polar surface area (TPSA) is 34.2 Å². The first-order chi connectivity index (χ1) is 10.1. The van der Waals surface area contributed by atoms with Crippen LogP contribution < -0.4 is 10.1 Å². The summed E-state index contributed by atoms with van der Waals surface area (Å²) in [6, 6.07) is 7.45. The van der Waals surface area contributed by atoms with Crippen LogP contribution in [0.5, 0.6) is 11.6 Å². The van der Waals surface area contributed by atoms with Gasteiger partial charge in [-0.25, -0.2) is 9.37 Å². The van der Waals surface area contributed by atoms with E-state index in [2.05, 4.69) is 17.2 Å². The third-order valence-corrected chi connectivity index (χ3v) is 3.22. The highest BCUT2D eigenvalue weighted by Gasteiger charge is 2.12. The van der Waals surface area contributed by atoms with Crippen LogP contribution in [0.15, 0.2) is 30.5 Å². The number of nitrogens with zero attached hydrogens (tertiary/aromatic N) is 1. The van der Waals surface area contributed by atoms with Gasteiger partial charge < -0.3 is 10.1 Å². The monoisotopic (exact) mass is 288 g/mol. The number of aromatic nitrogens is 1. The molecular formula is C17H21FN2O. The average molecular weight is 288 g/mol. The van der Waals surface area contributed by atoms with Crippen molar-refractivity contribution in [1.82, 2.24) is 10.3 Å². The Bertz CT molecular complexity index is 614. The molecule has 1 N–H and O–H groups in total. The van der Waals surface area contributed by atoms with Crippen molar-refractivity contribution in [3.8, 4) is 11.6 Å². The van der Waals surface area contributed by atoms with E-state index >= 15 is 0 Å². The number of halogens is 1. The van der Waals surface area contributed by atoms with Crippen LogP contribution >= 0.6 is 0 Å². The molecule has 3 nitrogen and oxygen atoms in total. The van der Waals surface area contributed by atoms with Crippen LogP contribution in [0.1, 0.15) is 30.0 Å². The summed E-state index contributed by atoms with van der Waals surface area (Å²) in [5.74, 6) is 0.254. The molecule has 0 atom stereocenters. The van der Waals surface area contributed by atoms with Gasteiger partial charge in [0.2, 0.25) is 0 Å². The first-order valence-corrected chi connectivity index (χ1v) is 7.21. The van der Waals surface area contributed by atoms with Crippen molar-refractivity contribution in [3.63, 3.8) is 0 Å². The summed E-state index contributed by atoms with van der Waals surface area (Å²) in [6.07, 6.45) is 2.59. The Balaban J connectivity index is 2.18. The fourth-order valence-corrected chi connectivity index (χ4v) is 2.09. The molecule has 112 valence electrons. The lowest BCUT2D eigenvalue weighted by molar-refractivity contribution is 0.415. The van der Waals surface area contributed by atoms with Gasteiger partial charge in [0.15, 0.2) is 5.82 Å². The van der Waals surface area contributed by atoms with Crippen molar-refractivity contribution in [2.24, 2.45) is 0 Å². The lowest BCUT2D eigenvalue weighted by Gasteiger charge is -2.11. The van der Waals surface area contributed by atoms with Crippen molar-refractivity contribution < 1.29 is 9.13 Å². The van der Waals surface area contributed by atoms with Gasteiger partial charge in [0, 0.05) is 18.3 Å². The van der Waals surface area contributed by atoms with Crippen LogP contribution in [0.4, 0.5) is 4.39 Å². The third-order valence-electron chi connectivity index (χ3n) is 3.22. The summed E-state index contributed by atoms with van der Waals surface area (Å²) in [5, 5.41) is 3.18. The molecule has 0 amide bonds. The van der Waals surface area contributed by atoms with Crippen molar-refractivity contribution >= 4 is 0 Å². The molecule has 0 saturated heterocycles. The van der Waals surface area contributed by atoms with Gasteiger partial charge in [-0.05, 0) is 44.5 Å². The largest absolute Gasteiger partial charge is 0.436 e. The molecule has 4 heteroatoms. The van der Waals surface area contributed by atoms with Gasteiger partial charge in [-0.1, -0.05) is 24.6 Å². The smallest absolute Gasteiger partial charge is 0.256 e. The van der Waals surface area contributed by atoms with E-state index in [0.29, 0.717) is 17.9 Å². The Morgan fingerprint density at radius 2 is 2.05 bits per heavy atom. The number of ether oxygens (including phenoxy) is 1. The van der Waals surface area contributed by atoms with Crippen molar-refractivity contribution in [2.45, 2.75) is 33.7 Å². The van der Waals surface area contributed by atoms with E-state index < -0.39 is 5.82 Å². The van der Waals surface area contributed by atoms with Gasteiger partial charge in [-0.3, -0.25) is 0 Å². The van der Waals surface area contributed by atoms with Gasteiger partial charge in [0.25, 0.3) is 5.88 Å². The quantitative estimate of drug-likeness (QED) is 0.812. The maximum Gasteiger partial charge on any atom is 0.256 e. The maximum absolute atomic E-state index is 14.4. The Labute approximate surface area is 125 Å². The zero-order valence-electron chi connectivity index (χ0n) is 12.7. The molecule has 0 aliphatic heterocycles. The van der Waals surface area contributed by atoms with E-state index in [1.54, 1.807) is 12.3 Å². The predicted molar refractivity (Wildman–Crippen MR) is 82.2 cm³/mol. The standard InChI is InChI=1S/C17H21FN2O/c1-4-8-19-11-14-7-9-20-17(16(14)18)21-15-6-5-12(2)10-13(15)3/h5-7,9-10,19H,4,8,11H2,1-3H3. The molecule has 1 aromatic heterocycles. The zero-order valence-corrected chi connectivity index (χ0v) is 12.7. The van der Waals surface area contributed by atoms with Gasteiger partial charge in [-0.2, -0.15) is 0 Å². The number of aryl methyl sites for hydroxylation is 2. The fraction of sp³-hybridized carbons (Fsp3) is 0.353. The summed E-state index contributed by atoms with van der Waals surface area (Å²) < 4.78 is 20.0. The molecule has 0 aliphatic rings. The highest BCUT2D eigenvalue weighted by Crippen LogP contribution is 2.27. The number of hydrogen-bond donors (Lipinski definition) is 1. The van der Waals surface area contributed by atoms with Gasteiger partial charge >= 0.3 is 0 Å². The summed E-state index contributed by atoms with van der Waals surface area (Å²) in [6.45, 7) is 7.35. The second-order valence-electron chi connectivity index (χ2n) is 5.14. The van der Waals surface area contributed by atoms with E-state index in [0.717, 1.165) is 24.1 Å². The van der Waals surface area contributed by atoms with Crippen molar-refractivity contribution in [1.29, 1.82) is 0 Å². The molecule has 0 fully saturated rings. The second-order valence-corrected chi connectivity index (χ2v) is 5.14. The molecule has 1 aromatic carbocycles. The van der Waals surface area contributed by atoms with E-state index in [1.807, 2.05) is 32.0 Å². The van der Waals surface area contributed by atoms with Crippen molar-refractivity contribution in [2.75, 3.05) is 6.54 Å². The van der Waals surface area contributed by atoms with Gasteiger partial charge in [0.05, 0.1) is 0 Å². The number of benzene rings is 1. The molecule has 21 heavy (non-hydrogen) atoms. The molecule has 0 spiro atoms. The van der Waals surface area contributed by atoms with Gasteiger partial charge in [-0.15, -0.1) is 0 Å². The highest BCUT2D eigenvalue weighted by molar-refractivity contribution is 5.38. The van der Waals surface area contributed by atoms with Crippen LogP contribution in [0.2, 0.25) is 0 Å². The van der Waals surface area contributed by atoms with Crippen molar-refractivity contribution in [3.05, 3.63) is 53.0 Å². The van der Waals surface area contributed by atoms with Crippen LogP contribution in [0.3, 0.4) is 0 Å². The number of rotatable bonds is 6. The molecule has 2 aromatic rings. The second kappa shape index (κ2) is 7.18. The van der Waals surface area contributed by atoms with Crippen LogP contribution in [0, 0.1) is 19.7 Å². The van der Waals surface area contributed by atoms with E-state index in [-0.39, 0.29) is 5.88 Å². The Hall–Kier alpha value is -1.94. The molecular weight excluding hydrogens is 267 g/mol. The molecule has 0 aliphatic carbocycles. The van der Waals surface area contributed by atoms with E-state index in [1.165, 1.54) is 0 Å². The summed E-state index contributed by atoms with van der Waals surface area (Å²) >= 11 is 0. The SMILES string of the molecule is CCCNCc1ccnc(Oc2ccc(C)cc2C)c1F. The summed E-state index contributed by atoms with van der Waals surface area (Å²) in [5.41, 5.74) is 2.68. The molecule has 1 heterocycles. The predicted octanol–water partition coefficient (Wildman–Crippen LogP) is 4.13. The number of hydrogen-bond acceptors (Lipinski definition) is 3. The van der Waals surface area contributed by atoms with E-state index in [9.17, 15) is 4.39 Å². The molecule has 0 unspecified atom stereocenters. The van der Waals surface area contributed by atoms with Crippen LogP contribution in [-0.4, -0.2) is 11.5 Å². The summed E-state index contributed by atoms with van der Waals surface area (Å²) in [7, 11) is 0. The van der Waals surface area contributed by atoms with Crippen LogP contribution in [0.25, 0.3) is 0 Å². The first-order valence-electron chi connectivity index (χ1n) is 7.21. The fourth-order valence-electron chi connectivity index (χ4n) is 2.09. The van der Waals surface area contributed by atoms with E-state index in [4.69, 9.17) is 4.74 Å². The Morgan fingerprint density at radius 1 is 1.24 bits per heavy atom. The number of pyridine rings is 1. The van der Waals surface area contributed by atoms with Gasteiger partial charge in [0.1, 0.15) is 5.75 Å². The minimum absolute atomic E-state index is 0.0257. The Kier molecular flexibility index (Phi) is 5.28. The normalized spacial score (nSPS) is 10.7. The summed E-state index contributed by atoms with van der Waals surface area (Å²) in [4.78, 5) is 4.00. The molecule has 2 rings (SSSR count). The molecule has 0 radical (unpaired) electrons. The Morgan fingerprint density at radius 3 is 2.76 bits per heavy atom. The minimum Gasteiger partial charge on any atom is -0.436 e.